The van der Waals surface area contributed by atoms with Gasteiger partial charge in [0.15, 0.2) is 5.82 Å². The van der Waals surface area contributed by atoms with Crippen LogP contribution >= 0.6 is 22.6 Å². The second-order valence-electron chi connectivity index (χ2n) is 14.1. The number of hydrogen-bond acceptors (Lipinski definition) is 3. The lowest BCUT2D eigenvalue weighted by atomic mass is 9.80. The lowest BCUT2D eigenvalue weighted by Crippen LogP contribution is -2.40. The number of alkyl halides is 1. The summed E-state index contributed by atoms with van der Waals surface area (Å²) in [6.45, 7) is 4.79. The van der Waals surface area contributed by atoms with Crippen molar-refractivity contribution in [2.45, 2.75) is 67.3 Å². The number of fused-ring (bicyclic) bond motifs is 6. The predicted molar refractivity (Wildman–Crippen MR) is 204 cm³/mol. The zero-order chi connectivity index (χ0) is 31.7. The van der Waals surface area contributed by atoms with Gasteiger partial charge in [0, 0.05) is 37.8 Å². The molecule has 4 aliphatic rings. The van der Waals surface area contributed by atoms with Gasteiger partial charge in [0.25, 0.3) is 0 Å². The van der Waals surface area contributed by atoms with E-state index >= 15 is 0 Å². The Kier molecular flexibility index (Phi) is 7.00. The number of rotatable bonds is 4. The first-order chi connectivity index (χ1) is 23.0. The fourth-order valence-corrected chi connectivity index (χ4v) is 9.91. The fourth-order valence-electron chi connectivity index (χ4n) is 8.65. The lowest BCUT2D eigenvalue weighted by Gasteiger charge is -2.37. The highest BCUT2D eigenvalue weighted by molar-refractivity contribution is 14.1. The topological polar surface area (TPSA) is 29.0 Å². The highest BCUT2D eigenvalue weighted by atomic mass is 127. The number of halogens is 1. The van der Waals surface area contributed by atoms with E-state index in [4.69, 9.17) is 9.97 Å². The van der Waals surface area contributed by atoms with Crippen LogP contribution in [0.2, 0.25) is 0 Å². The molecule has 1 fully saturated rings. The Balaban J connectivity index is 1.19. The summed E-state index contributed by atoms with van der Waals surface area (Å²) in [4.78, 5) is 13.1. The summed E-state index contributed by atoms with van der Waals surface area (Å²) in [5, 5.41) is 0. The number of aromatic nitrogens is 2. The second-order valence-corrected chi connectivity index (χ2v) is 15.7. The van der Waals surface area contributed by atoms with E-state index < -0.39 is 0 Å². The molecule has 0 amide bonds. The van der Waals surface area contributed by atoms with Crippen LogP contribution < -0.4 is 4.90 Å². The molecule has 3 nitrogen and oxygen atoms in total. The van der Waals surface area contributed by atoms with Gasteiger partial charge in [-0.25, -0.2) is 9.97 Å². The van der Waals surface area contributed by atoms with Gasteiger partial charge in [-0.1, -0.05) is 128 Å². The average Bonchev–Trinajstić information content (AvgIpc) is 3.57. The van der Waals surface area contributed by atoms with Gasteiger partial charge in [-0.05, 0) is 89.4 Å². The summed E-state index contributed by atoms with van der Waals surface area (Å²) >= 11 is 2.74. The molecule has 5 aromatic rings. The first kappa shape index (κ1) is 29.1. The van der Waals surface area contributed by atoms with E-state index in [9.17, 15) is 0 Å². The maximum absolute atomic E-state index is 5.22. The van der Waals surface area contributed by atoms with Gasteiger partial charge in [-0.15, -0.1) is 0 Å². The van der Waals surface area contributed by atoms with Crippen molar-refractivity contribution in [3.8, 4) is 33.8 Å². The number of anilines is 2. The molecular formula is C43H38IN3. The van der Waals surface area contributed by atoms with E-state index in [1.165, 1.54) is 64.0 Å². The molecule has 0 N–H and O–H groups in total. The Labute approximate surface area is 291 Å². The molecule has 2 heterocycles. The SMILES string of the molecule is CC1(C)c2ccccc2-c2cc3c(cc21)N(c1cccc(-c2nc(C4=CC=CCC4)cc(-c4ccccc4)n2)c1)C1C(I)CCCC31. The van der Waals surface area contributed by atoms with Crippen LogP contribution in [0.3, 0.4) is 0 Å². The molecule has 9 rings (SSSR count). The molecule has 232 valence electrons. The van der Waals surface area contributed by atoms with Crippen molar-refractivity contribution in [1.82, 2.24) is 9.97 Å². The van der Waals surface area contributed by atoms with Gasteiger partial charge < -0.3 is 4.90 Å². The van der Waals surface area contributed by atoms with E-state index in [-0.39, 0.29) is 5.41 Å². The van der Waals surface area contributed by atoms with Crippen molar-refractivity contribution in [1.29, 1.82) is 0 Å². The Morgan fingerprint density at radius 3 is 2.43 bits per heavy atom. The molecule has 3 aliphatic carbocycles. The van der Waals surface area contributed by atoms with Crippen LogP contribution in [-0.2, 0) is 5.41 Å². The van der Waals surface area contributed by atoms with Crippen LogP contribution in [0.15, 0.2) is 115 Å². The van der Waals surface area contributed by atoms with E-state index in [0.29, 0.717) is 15.9 Å². The molecule has 0 bridgehead atoms. The molecule has 1 saturated carbocycles. The molecule has 47 heavy (non-hydrogen) atoms. The Morgan fingerprint density at radius 2 is 1.57 bits per heavy atom. The van der Waals surface area contributed by atoms with Crippen molar-refractivity contribution < 1.29 is 0 Å². The van der Waals surface area contributed by atoms with Crippen LogP contribution in [-0.4, -0.2) is 19.9 Å². The van der Waals surface area contributed by atoms with Crippen LogP contribution in [0, 0.1) is 0 Å². The predicted octanol–water partition coefficient (Wildman–Crippen LogP) is 11.4. The number of benzene rings is 4. The third-order valence-electron chi connectivity index (χ3n) is 11.0. The summed E-state index contributed by atoms with van der Waals surface area (Å²) in [5.41, 5.74) is 15.3. The summed E-state index contributed by atoms with van der Waals surface area (Å²) in [5.74, 6) is 1.32. The molecule has 0 saturated heterocycles. The van der Waals surface area contributed by atoms with Crippen LogP contribution in [0.4, 0.5) is 11.4 Å². The zero-order valence-electron chi connectivity index (χ0n) is 27.0. The zero-order valence-corrected chi connectivity index (χ0v) is 29.1. The maximum atomic E-state index is 5.22. The molecule has 1 aromatic heterocycles. The Morgan fingerprint density at radius 1 is 0.766 bits per heavy atom. The van der Waals surface area contributed by atoms with E-state index in [1.807, 2.05) is 0 Å². The summed E-state index contributed by atoms with van der Waals surface area (Å²) in [6, 6.07) is 36.3. The number of hydrogen-bond donors (Lipinski definition) is 0. The molecule has 1 aliphatic heterocycles. The minimum atomic E-state index is -0.0307. The molecule has 0 radical (unpaired) electrons. The molecular weight excluding hydrogens is 685 g/mol. The summed E-state index contributed by atoms with van der Waals surface area (Å²) in [7, 11) is 0. The van der Waals surface area contributed by atoms with Crippen molar-refractivity contribution >= 4 is 39.5 Å². The van der Waals surface area contributed by atoms with Gasteiger partial charge in [-0.3, -0.25) is 0 Å². The normalized spacial score (nSPS) is 21.9. The van der Waals surface area contributed by atoms with E-state index in [0.717, 1.165) is 41.2 Å². The largest absolute Gasteiger partial charge is 0.336 e. The van der Waals surface area contributed by atoms with Crippen molar-refractivity contribution in [2.24, 2.45) is 0 Å². The third-order valence-corrected chi connectivity index (χ3v) is 12.3. The minimum absolute atomic E-state index is 0.0307. The van der Waals surface area contributed by atoms with Crippen LogP contribution in [0.5, 0.6) is 0 Å². The Hall–Kier alpha value is -4.03. The minimum Gasteiger partial charge on any atom is -0.336 e. The summed E-state index contributed by atoms with van der Waals surface area (Å²) in [6.07, 6.45) is 12.4. The van der Waals surface area contributed by atoms with Gasteiger partial charge in [0.05, 0.1) is 17.4 Å². The molecule has 3 unspecified atom stereocenters. The molecule has 0 spiro atoms. The maximum Gasteiger partial charge on any atom is 0.160 e. The van der Waals surface area contributed by atoms with E-state index in [2.05, 4.69) is 157 Å². The molecule has 4 aromatic carbocycles. The lowest BCUT2D eigenvalue weighted by molar-refractivity contribution is 0.422. The highest BCUT2D eigenvalue weighted by Gasteiger charge is 2.47. The van der Waals surface area contributed by atoms with Gasteiger partial charge in [0.1, 0.15) is 0 Å². The first-order valence-electron chi connectivity index (χ1n) is 17.1. The van der Waals surface area contributed by atoms with E-state index in [1.54, 1.807) is 0 Å². The quantitative estimate of drug-likeness (QED) is 0.137. The van der Waals surface area contributed by atoms with Gasteiger partial charge in [0.2, 0.25) is 0 Å². The van der Waals surface area contributed by atoms with Gasteiger partial charge >= 0.3 is 0 Å². The summed E-state index contributed by atoms with van der Waals surface area (Å²) < 4.78 is 0.577. The monoisotopic (exact) mass is 723 g/mol. The van der Waals surface area contributed by atoms with Crippen LogP contribution in [0.25, 0.3) is 39.3 Å². The molecule has 3 atom stereocenters. The first-order valence-corrected chi connectivity index (χ1v) is 18.3. The standard InChI is InChI=1S/C43H38IN3/c1-43(2)35-21-10-9-19-31(35)33-24-34-32-20-12-22-37(44)41(32)47(40(34)25-36(33)43)30-18-11-17-29(23-30)42-45-38(27-13-5-3-6-14-27)26-39(46-42)28-15-7-4-8-16-28/h3-7,9-11,13-15,17-19,21,23-26,32,37,41H,8,12,16,20,22H2,1-2H3. The smallest absolute Gasteiger partial charge is 0.160 e. The fraction of sp³-hybridized carbons (Fsp3) is 0.256. The molecule has 4 heteroatoms. The Bertz CT molecular complexity index is 2090. The highest BCUT2D eigenvalue weighted by Crippen LogP contribution is 2.58. The second kappa shape index (κ2) is 11.3. The van der Waals surface area contributed by atoms with Crippen molar-refractivity contribution in [3.63, 3.8) is 0 Å². The number of nitrogens with zero attached hydrogens (tertiary/aromatic N) is 3. The average molecular weight is 724 g/mol. The van der Waals surface area contributed by atoms with Gasteiger partial charge in [-0.2, -0.15) is 0 Å². The number of allylic oxidation sites excluding steroid dienone is 4. The third kappa shape index (κ3) is 4.74. The van der Waals surface area contributed by atoms with Crippen LogP contribution in [0.1, 0.15) is 74.3 Å². The van der Waals surface area contributed by atoms with Crippen molar-refractivity contribution in [2.75, 3.05) is 4.90 Å². The van der Waals surface area contributed by atoms with Crippen molar-refractivity contribution in [3.05, 3.63) is 138 Å².